The first-order chi connectivity index (χ1) is 12.2. The van der Waals surface area contributed by atoms with Crippen molar-refractivity contribution < 1.29 is 0 Å². The monoisotopic (exact) mass is 347 g/mol. The molecule has 0 unspecified atom stereocenters. The zero-order chi connectivity index (χ0) is 17.2. The Morgan fingerprint density at radius 2 is 1.80 bits per heavy atom. The standard InChI is InChI=1S/C19H17N5S/c1-12-13(2)25-19-16(12)18(22-10-14-5-3-7-20-9-14)23-17(24-19)15-6-4-8-21-11-15/h3-9,11H,10H2,1-2H3,(H,22,23,24). The molecule has 124 valence electrons. The van der Waals surface area contributed by atoms with Gasteiger partial charge in [0.25, 0.3) is 0 Å². The highest BCUT2D eigenvalue weighted by Gasteiger charge is 2.15. The SMILES string of the molecule is Cc1sc2nc(-c3cccnc3)nc(NCc3cccnc3)c2c1C. The summed E-state index contributed by atoms with van der Waals surface area (Å²) in [6.45, 7) is 4.91. The molecule has 25 heavy (non-hydrogen) atoms. The van der Waals surface area contributed by atoms with Gasteiger partial charge in [0, 0.05) is 41.8 Å². The van der Waals surface area contributed by atoms with Gasteiger partial charge in [-0.15, -0.1) is 11.3 Å². The fourth-order valence-electron chi connectivity index (χ4n) is 2.69. The molecule has 0 amide bonds. The maximum atomic E-state index is 4.78. The molecule has 0 aliphatic heterocycles. The van der Waals surface area contributed by atoms with E-state index in [1.807, 2.05) is 30.5 Å². The first-order valence-corrected chi connectivity index (χ1v) is 8.85. The Morgan fingerprint density at radius 3 is 2.52 bits per heavy atom. The van der Waals surface area contributed by atoms with Crippen LogP contribution in [0, 0.1) is 13.8 Å². The minimum atomic E-state index is 0.667. The van der Waals surface area contributed by atoms with Crippen LogP contribution in [-0.2, 0) is 6.54 Å². The second-order valence-electron chi connectivity index (χ2n) is 5.82. The lowest BCUT2D eigenvalue weighted by Crippen LogP contribution is -2.04. The van der Waals surface area contributed by atoms with E-state index in [9.17, 15) is 0 Å². The van der Waals surface area contributed by atoms with Gasteiger partial charge in [0.2, 0.25) is 0 Å². The summed E-state index contributed by atoms with van der Waals surface area (Å²) in [5, 5.41) is 4.56. The number of aromatic nitrogens is 4. The minimum absolute atomic E-state index is 0.667. The molecule has 4 heterocycles. The number of pyridine rings is 2. The Kier molecular flexibility index (Phi) is 4.11. The zero-order valence-corrected chi connectivity index (χ0v) is 14.8. The smallest absolute Gasteiger partial charge is 0.164 e. The third-order valence-corrected chi connectivity index (χ3v) is 5.23. The maximum Gasteiger partial charge on any atom is 0.164 e. The van der Waals surface area contributed by atoms with E-state index in [0.29, 0.717) is 12.4 Å². The van der Waals surface area contributed by atoms with E-state index >= 15 is 0 Å². The van der Waals surface area contributed by atoms with Crippen LogP contribution in [0.3, 0.4) is 0 Å². The second kappa shape index (κ2) is 6.57. The van der Waals surface area contributed by atoms with Crippen LogP contribution in [0.5, 0.6) is 0 Å². The van der Waals surface area contributed by atoms with E-state index in [4.69, 9.17) is 9.97 Å². The normalized spacial score (nSPS) is 11.0. The summed E-state index contributed by atoms with van der Waals surface area (Å²) < 4.78 is 0. The van der Waals surface area contributed by atoms with Crippen molar-refractivity contribution in [2.45, 2.75) is 20.4 Å². The molecule has 6 heteroatoms. The highest BCUT2D eigenvalue weighted by molar-refractivity contribution is 7.18. The average Bonchev–Trinajstić information content (AvgIpc) is 2.95. The minimum Gasteiger partial charge on any atom is -0.365 e. The molecule has 5 nitrogen and oxygen atoms in total. The number of rotatable bonds is 4. The number of hydrogen-bond acceptors (Lipinski definition) is 6. The number of nitrogens with zero attached hydrogens (tertiary/aromatic N) is 4. The van der Waals surface area contributed by atoms with E-state index in [-0.39, 0.29) is 0 Å². The van der Waals surface area contributed by atoms with Crippen LogP contribution in [0.15, 0.2) is 49.1 Å². The van der Waals surface area contributed by atoms with E-state index < -0.39 is 0 Å². The summed E-state index contributed by atoms with van der Waals surface area (Å²) >= 11 is 1.70. The number of anilines is 1. The van der Waals surface area contributed by atoms with Crippen molar-refractivity contribution in [2.75, 3.05) is 5.32 Å². The van der Waals surface area contributed by atoms with Crippen molar-refractivity contribution in [3.8, 4) is 11.4 Å². The van der Waals surface area contributed by atoms with Gasteiger partial charge in [0.15, 0.2) is 5.82 Å². The van der Waals surface area contributed by atoms with Crippen molar-refractivity contribution in [2.24, 2.45) is 0 Å². The summed E-state index contributed by atoms with van der Waals surface area (Å²) in [5.41, 5.74) is 3.26. The van der Waals surface area contributed by atoms with Crippen molar-refractivity contribution in [3.05, 3.63) is 65.1 Å². The van der Waals surface area contributed by atoms with Gasteiger partial charge in [0.1, 0.15) is 10.6 Å². The fraction of sp³-hybridized carbons (Fsp3) is 0.158. The molecule has 4 aromatic heterocycles. The molecule has 0 spiro atoms. The molecule has 0 aromatic carbocycles. The Balaban J connectivity index is 1.80. The number of aryl methyl sites for hydroxylation is 2. The predicted molar refractivity (Wildman–Crippen MR) is 102 cm³/mol. The van der Waals surface area contributed by atoms with Gasteiger partial charge >= 0.3 is 0 Å². The predicted octanol–water partition coefficient (Wildman–Crippen LogP) is 4.38. The first kappa shape index (κ1) is 15.7. The van der Waals surface area contributed by atoms with Crippen LogP contribution in [0.4, 0.5) is 5.82 Å². The van der Waals surface area contributed by atoms with E-state index in [0.717, 1.165) is 27.2 Å². The van der Waals surface area contributed by atoms with Crippen LogP contribution < -0.4 is 5.32 Å². The van der Waals surface area contributed by atoms with E-state index in [2.05, 4.69) is 29.1 Å². The molecule has 0 bridgehead atoms. The summed E-state index contributed by atoms with van der Waals surface area (Å²) in [4.78, 5) is 20.2. The molecule has 0 aliphatic rings. The van der Waals surface area contributed by atoms with Gasteiger partial charge < -0.3 is 5.32 Å². The Morgan fingerprint density at radius 1 is 1.00 bits per heavy atom. The summed E-state index contributed by atoms with van der Waals surface area (Å²) in [6, 6.07) is 7.86. The third kappa shape index (κ3) is 3.08. The van der Waals surface area contributed by atoms with Gasteiger partial charge in [-0.1, -0.05) is 6.07 Å². The summed E-state index contributed by atoms with van der Waals surface area (Å²) in [5.74, 6) is 1.55. The van der Waals surface area contributed by atoms with Gasteiger partial charge in [-0.25, -0.2) is 9.97 Å². The van der Waals surface area contributed by atoms with E-state index in [1.54, 1.807) is 29.9 Å². The Labute approximate surface area is 149 Å². The second-order valence-corrected chi connectivity index (χ2v) is 7.02. The zero-order valence-electron chi connectivity index (χ0n) is 14.0. The van der Waals surface area contributed by atoms with Crippen molar-refractivity contribution in [3.63, 3.8) is 0 Å². The lowest BCUT2D eigenvalue weighted by Gasteiger charge is -2.10. The van der Waals surface area contributed by atoms with Crippen LogP contribution in [0.2, 0.25) is 0 Å². The van der Waals surface area contributed by atoms with E-state index in [1.165, 1.54) is 10.4 Å². The van der Waals surface area contributed by atoms with Crippen LogP contribution in [-0.4, -0.2) is 19.9 Å². The number of thiophene rings is 1. The molecule has 0 saturated carbocycles. The van der Waals surface area contributed by atoms with Crippen LogP contribution >= 0.6 is 11.3 Å². The van der Waals surface area contributed by atoms with Crippen molar-refractivity contribution in [1.82, 2.24) is 19.9 Å². The topological polar surface area (TPSA) is 63.6 Å². The average molecular weight is 347 g/mol. The molecule has 4 aromatic rings. The number of nitrogens with one attached hydrogen (secondary N) is 1. The van der Waals surface area contributed by atoms with Crippen molar-refractivity contribution in [1.29, 1.82) is 0 Å². The number of hydrogen-bond donors (Lipinski definition) is 1. The van der Waals surface area contributed by atoms with Crippen LogP contribution in [0.25, 0.3) is 21.6 Å². The van der Waals surface area contributed by atoms with Gasteiger partial charge in [-0.05, 0) is 43.2 Å². The van der Waals surface area contributed by atoms with Gasteiger partial charge in [-0.2, -0.15) is 0 Å². The third-order valence-electron chi connectivity index (χ3n) is 4.13. The molecule has 0 atom stereocenters. The molecule has 4 rings (SSSR count). The largest absolute Gasteiger partial charge is 0.365 e. The highest BCUT2D eigenvalue weighted by Crippen LogP contribution is 2.35. The Bertz CT molecular complexity index is 1010. The van der Waals surface area contributed by atoms with Gasteiger partial charge in [-0.3, -0.25) is 9.97 Å². The lowest BCUT2D eigenvalue weighted by molar-refractivity contribution is 1.08. The highest BCUT2D eigenvalue weighted by atomic mass is 32.1. The molecule has 1 N–H and O–H groups in total. The molecular formula is C19H17N5S. The molecule has 0 fully saturated rings. The Hall–Kier alpha value is -2.86. The fourth-order valence-corrected chi connectivity index (χ4v) is 3.72. The van der Waals surface area contributed by atoms with Gasteiger partial charge in [0.05, 0.1) is 5.39 Å². The summed E-state index contributed by atoms with van der Waals surface area (Å²) in [6.07, 6.45) is 7.18. The molecule has 0 radical (unpaired) electrons. The maximum absolute atomic E-state index is 4.78. The molecule has 0 aliphatic carbocycles. The molecule has 0 saturated heterocycles. The summed E-state index contributed by atoms with van der Waals surface area (Å²) in [7, 11) is 0. The lowest BCUT2D eigenvalue weighted by atomic mass is 10.2. The number of fused-ring (bicyclic) bond motifs is 1. The first-order valence-electron chi connectivity index (χ1n) is 8.03. The quantitative estimate of drug-likeness (QED) is 0.593. The van der Waals surface area contributed by atoms with Crippen LogP contribution in [0.1, 0.15) is 16.0 Å². The van der Waals surface area contributed by atoms with Crippen molar-refractivity contribution >= 4 is 27.4 Å². The molecular weight excluding hydrogens is 330 g/mol.